The molecular weight excluding hydrogens is 326 g/mol. The van der Waals surface area contributed by atoms with Gasteiger partial charge in [0.2, 0.25) is 10.0 Å². The number of hydrogen-bond donors (Lipinski definition) is 2. The number of rotatable bonds is 4. The standard InChI is InChI=1S/C17H25N3O3S/c18-24(22,23)15-6-9-20(10-7-15)17(21)16-4-2-1-3-14(16)11-13-5-8-19-12-13/h1-4,13,15,19H,5-12H2,(H2,18,22,23). The molecule has 3 N–H and O–H groups in total. The van der Waals surface area contributed by atoms with Gasteiger partial charge in [-0.1, -0.05) is 18.2 Å². The van der Waals surface area contributed by atoms with Crippen LogP contribution in [0.2, 0.25) is 0 Å². The van der Waals surface area contributed by atoms with E-state index in [0.29, 0.717) is 31.8 Å². The number of nitrogens with two attached hydrogens (primary N) is 1. The lowest BCUT2D eigenvalue weighted by Crippen LogP contribution is -2.44. The van der Waals surface area contributed by atoms with E-state index in [0.717, 1.165) is 37.1 Å². The van der Waals surface area contributed by atoms with Gasteiger partial charge in [-0.15, -0.1) is 0 Å². The van der Waals surface area contributed by atoms with Crippen molar-refractivity contribution in [2.75, 3.05) is 26.2 Å². The molecule has 24 heavy (non-hydrogen) atoms. The minimum Gasteiger partial charge on any atom is -0.339 e. The molecule has 1 amide bonds. The molecule has 0 aliphatic carbocycles. The molecule has 132 valence electrons. The number of likely N-dealkylation sites (tertiary alicyclic amines) is 1. The number of primary sulfonamides is 1. The van der Waals surface area contributed by atoms with E-state index in [4.69, 9.17) is 5.14 Å². The Morgan fingerprint density at radius 1 is 1.21 bits per heavy atom. The lowest BCUT2D eigenvalue weighted by atomic mass is 9.94. The van der Waals surface area contributed by atoms with Gasteiger partial charge < -0.3 is 10.2 Å². The Morgan fingerprint density at radius 2 is 1.92 bits per heavy atom. The molecule has 1 aromatic carbocycles. The fourth-order valence-corrected chi connectivity index (χ4v) is 4.53. The van der Waals surface area contributed by atoms with Crippen molar-refractivity contribution in [1.82, 2.24) is 10.2 Å². The molecule has 0 radical (unpaired) electrons. The Labute approximate surface area is 143 Å². The topological polar surface area (TPSA) is 92.5 Å². The van der Waals surface area contributed by atoms with E-state index in [2.05, 4.69) is 5.32 Å². The van der Waals surface area contributed by atoms with Gasteiger partial charge in [-0.25, -0.2) is 13.6 Å². The summed E-state index contributed by atoms with van der Waals surface area (Å²) in [4.78, 5) is 14.6. The second-order valence-electron chi connectivity index (χ2n) is 6.80. The normalized spacial score (nSPS) is 22.7. The van der Waals surface area contributed by atoms with Crippen molar-refractivity contribution in [2.45, 2.75) is 30.9 Å². The van der Waals surface area contributed by atoms with Gasteiger partial charge in [0, 0.05) is 18.7 Å². The predicted octanol–water partition coefficient (Wildman–Crippen LogP) is 0.732. The van der Waals surface area contributed by atoms with Crippen LogP contribution in [-0.4, -0.2) is 50.7 Å². The fraction of sp³-hybridized carbons (Fsp3) is 0.588. The summed E-state index contributed by atoms with van der Waals surface area (Å²) in [5.74, 6) is 0.580. The van der Waals surface area contributed by atoms with Crippen LogP contribution in [0.5, 0.6) is 0 Å². The number of amides is 1. The SMILES string of the molecule is NS(=O)(=O)C1CCN(C(=O)c2ccccc2CC2CCNC2)CC1. The molecule has 2 aliphatic heterocycles. The van der Waals surface area contributed by atoms with Gasteiger partial charge in [-0.2, -0.15) is 0 Å². The van der Waals surface area contributed by atoms with Crippen LogP contribution < -0.4 is 10.5 Å². The van der Waals surface area contributed by atoms with Gasteiger partial charge in [0.1, 0.15) is 0 Å². The van der Waals surface area contributed by atoms with Crippen LogP contribution in [0.25, 0.3) is 0 Å². The van der Waals surface area contributed by atoms with Crippen LogP contribution in [0.15, 0.2) is 24.3 Å². The second-order valence-corrected chi connectivity index (χ2v) is 8.65. The molecule has 0 bridgehead atoms. The molecule has 2 saturated heterocycles. The Morgan fingerprint density at radius 3 is 2.54 bits per heavy atom. The maximum absolute atomic E-state index is 12.9. The quantitative estimate of drug-likeness (QED) is 0.836. The second kappa shape index (κ2) is 7.21. The largest absolute Gasteiger partial charge is 0.339 e. The third-order valence-corrected chi connectivity index (χ3v) is 6.51. The van der Waals surface area contributed by atoms with E-state index >= 15 is 0 Å². The molecule has 1 aromatic rings. The van der Waals surface area contributed by atoms with Crippen LogP contribution in [0.4, 0.5) is 0 Å². The number of carbonyl (C=O) groups is 1. The maximum atomic E-state index is 12.9. The minimum atomic E-state index is -3.51. The van der Waals surface area contributed by atoms with Crippen LogP contribution in [0.3, 0.4) is 0 Å². The van der Waals surface area contributed by atoms with E-state index in [1.165, 1.54) is 0 Å². The van der Waals surface area contributed by atoms with Gasteiger partial charge in [0.05, 0.1) is 5.25 Å². The molecular formula is C17H25N3O3S. The summed E-state index contributed by atoms with van der Waals surface area (Å²) < 4.78 is 22.9. The van der Waals surface area contributed by atoms with Gasteiger partial charge in [-0.3, -0.25) is 4.79 Å². The zero-order valence-corrected chi connectivity index (χ0v) is 14.6. The van der Waals surface area contributed by atoms with Crippen molar-refractivity contribution in [2.24, 2.45) is 11.1 Å². The third kappa shape index (κ3) is 3.96. The van der Waals surface area contributed by atoms with Crippen molar-refractivity contribution >= 4 is 15.9 Å². The molecule has 1 atom stereocenters. The first kappa shape index (κ1) is 17.4. The number of carbonyl (C=O) groups excluding carboxylic acids is 1. The average Bonchev–Trinajstić information content (AvgIpc) is 3.07. The molecule has 7 heteroatoms. The van der Waals surface area contributed by atoms with Crippen LogP contribution in [0.1, 0.15) is 35.2 Å². The van der Waals surface area contributed by atoms with Crippen molar-refractivity contribution in [3.8, 4) is 0 Å². The zero-order chi connectivity index (χ0) is 17.2. The monoisotopic (exact) mass is 351 g/mol. The summed E-state index contributed by atoms with van der Waals surface area (Å²) in [6.45, 7) is 2.93. The number of hydrogen-bond acceptors (Lipinski definition) is 4. The zero-order valence-electron chi connectivity index (χ0n) is 13.8. The first-order chi connectivity index (χ1) is 11.4. The molecule has 0 aromatic heterocycles. The smallest absolute Gasteiger partial charge is 0.254 e. The summed E-state index contributed by atoms with van der Waals surface area (Å²) in [7, 11) is -3.51. The van der Waals surface area contributed by atoms with Gasteiger partial charge in [0.15, 0.2) is 0 Å². The highest BCUT2D eigenvalue weighted by molar-refractivity contribution is 7.89. The lowest BCUT2D eigenvalue weighted by Gasteiger charge is -2.31. The lowest BCUT2D eigenvalue weighted by molar-refractivity contribution is 0.0724. The number of benzene rings is 1. The van der Waals surface area contributed by atoms with E-state index in [-0.39, 0.29) is 5.91 Å². The van der Waals surface area contributed by atoms with E-state index in [1.807, 2.05) is 24.3 Å². The van der Waals surface area contributed by atoms with Crippen LogP contribution >= 0.6 is 0 Å². The number of sulfonamides is 1. The molecule has 2 fully saturated rings. The molecule has 2 aliphatic rings. The maximum Gasteiger partial charge on any atom is 0.254 e. The Kier molecular flexibility index (Phi) is 5.22. The van der Waals surface area contributed by atoms with Crippen molar-refractivity contribution in [1.29, 1.82) is 0 Å². The van der Waals surface area contributed by atoms with Crippen molar-refractivity contribution in [3.05, 3.63) is 35.4 Å². The fourth-order valence-electron chi connectivity index (χ4n) is 3.66. The average molecular weight is 351 g/mol. The van der Waals surface area contributed by atoms with Gasteiger partial charge >= 0.3 is 0 Å². The first-order valence-corrected chi connectivity index (χ1v) is 10.2. The third-order valence-electron chi connectivity index (χ3n) is 5.11. The molecule has 2 heterocycles. The summed E-state index contributed by atoms with van der Waals surface area (Å²) in [6.07, 6.45) is 2.88. The molecule has 6 nitrogen and oxygen atoms in total. The molecule has 3 rings (SSSR count). The Bertz CT molecular complexity index is 691. The highest BCUT2D eigenvalue weighted by Gasteiger charge is 2.30. The number of nitrogens with zero attached hydrogens (tertiary/aromatic N) is 1. The summed E-state index contributed by atoms with van der Waals surface area (Å²) in [6, 6.07) is 7.77. The summed E-state index contributed by atoms with van der Waals surface area (Å²) in [5.41, 5.74) is 1.84. The van der Waals surface area contributed by atoms with E-state index in [1.54, 1.807) is 4.90 Å². The van der Waals surface area contributed by atoms with Gasteiger partial charge in [0.25, 0.3) is 5.91 Å². The van der Waals surface area contributed by atoms with E-state index in [9.17, 15) is 13.2 Å². The highest BCUT2D eigenvalue weighted by Crippen LogP contribution is 2.22. The summed E-state index contributed by atoms with van der Waals surface area (Å²) in [5, 5.41) is 8.05. The van der Waals surface area contributed by atoms with Crippen LogP contribution in [-0.2, 0) is 16.4 Å². The Hall–Kier alpha value is -1.44. The van der Waals surface area contributed by atoms with Crippen molar-refractivity contribution in [3.63, 3.8) is 0 Å². The molecule has 0 spiro atoms. The molecule has 0 saturated carbocycles. The summed E-state index contributed by atoms with van der Waals surface area (Å²) >= 11 is 0. The van der Waals surface area contributed by atoms with Crippen molar-refractivity contribution < 1.29 is 13.2 Å². The highest BCUT2D eigenvalue weighted by atomic mass is 32.2. The molecule has 1 unspecified atom stereocenters. The number of piperidine rings is 1. The van der Waals surface area contributed by atoms with Crippen LogP contribution in [0, 0.1) is 5.92 Å². The minimum absolute atomic E-state index is 0.00410. The number of nitrogens with one attached hydrogen (secondary N) is 1. The van der Waals surface area contributed by atoms with Gasteiger partial charge in [-0.05, 0) is 56.3 Å². The van der Waals surface area contributed by atoms with E-state index < -0.39 is 15.3 Å². The Balaban J connectivity index is 1.69. The predicted molar refractivity (Wildman–Crippen MR) is 93.2 cm³/mol. The first-order valence-electron chi connectivity index (χ1n) is 8.54.